The van der Waals surface area contributed by atoms with E-state index in [1.807, 2.05) is 98.7 Å². The zero-order valence-corrected chi connectivity index (χ0v) is 25.9. The SMILES string of the molecule is CC(C)(C)OOC12c3ccccc3C3(OOC(C)(C)C)c4ccccc4C(OOC(C)(C)C)(c4ccccc41)C23C. The molecule has 6 nitrogen and oxygen atoms in total. The lowest BCUT2D eigenvalue weighted by atomic mass is 9.63. The first-order valence-electron chi connectivity index (χ1n) is 14.5. The fourth-order valence-electron chi connectivity index (χ4n) is 7.17. The largest absolute Gasteiger partial charge is 0.230 e. The molecule has 0 radical (unpaired) electrons. The van der Waals surface area contributed by atoms with Gasteiger partial charge in [0.25, 0.3) is 0 Å². The minimum Gasteiger partial charge on any atom is -0.230 e. The van der Waals surface area contributed by atoms with Crippen LogP contribution in [0.25, 0.3) is 0 Å². The van der Waals surface area contributed by atoms with E-state index < -0.39 is 39.0 Å². The van der Waals surface area contributed by atoms with E-state index >= 15 is 0 Å². The van der Waals surface area contributed by atoms with E-state index in [0.29, 0.717) is 0 Å². The summed E-state index contributed by atoms with van der Waals surface area (Å²) in [5, 5.41) is 0. The van der Waals surface area contributed by atoms with E-state index in [4.69, 9.17) is 29.3 Å². The summed E-state index contributed by atoms with van der Waals surface area (Å²) in [4.78, 5) is 39.6. The van der Waals surface area contributed by atoms with Gasteiger partial charge in [0.05, 0.1) is 22.2 Å². The second-order valence-electron chi connectivity index (χ2n) is 14.6. The summed E-state index contributed by atoms with van der Waals surface area (Å²) >= 11 is 0. The molecule has 0 aromatic heterocycles. The Morgan fingerprint density at radius 3 is 0.756 bits per heavy atom. The smallest absolute Gasteiger partial charge is 0.167 e. The Balaban J connectivity index is 1.79. The van der Waals surface area contributed by atoms with Gasteiger partial charge < -0.3 is 0 Å². The monoisotopic (exact) mass is 558 g/mol. The van der Waals surface area contributed by atoms with Crippen molar-refractivity contribution in [3.63, 3.8) is 0 Å². The van der Waals surface area contributed by atoms with Crippen LogP contribution in [-0.2, 0) is 46.1 Å². The molecule has 218 valence electrons. The maximum absolute atomic E-state index is 6.89. The molecule has 0 unspecified atom stereocenters. The van der Waals surface area contributed by atoms with Gasteiger partial charge in [-0.2, -0.15) is 0 Å². The van der Waals surface area contributed by atoms with Crippen LogP contribution in [-0.4, -0.2) is 16.8 Å². The molecule has 6 heteroatoms. The lowest BCUT2D eigenvalue weighted by Crippen LogP contribution is -2.58. The Kier molecular flexibility index (Phi) is 6.07. The summed E-state index contributed by atoms with van der Waals surface area (Å²) in [7, 11) is 0. The molecular weight excluding hydrogens is 516 g/mol. The predicted molar refractivity (Wildman–Crippen MR) is 156 cm³/mol. The first-order chi connectivity index (χ1) is 19.1. The molecular formula is C35H42O6. The molecule has 0 saturated heterocycles. The number of hydrogen-bond acceptors (Lipinski definition) is 6. The maximum atomic E-state index is 6.89. The van der Waals surface area contributed by atoms with Gasteiger partial charge in [0.1, 0.15) is 0 Å². The van der Waals surface area contributed by atoms with Crippen LogP contribution >= 0.6 is 0 Å². The van der Waals surface area contributed by atoms with E-state index in [-0.39, 0.29) is 0 Å². The molecule has 6 rings (SSSR count). The minimum atomic E-state index is -1.16. The van der Waals surface area contributed by atoms with Crippen molar-refractivity contribution in [2.75, 3.05) is 0 Å². The van der Waals surface area contributed by atoms with Crippen LogP contribution < -0.4 is 0 Å². The van der Waals surface area contributed by atoms with Gasteiger partial charge in [-0.25, -0.2) is 29.3 Å². The highest BCUT2D eigenvalue weighted by Gasteiger charge is 2.89. The van der Waals surface area contributed by atoms with Crippen LogP contribution in [0.1, 0.15) is 103 Å². The third-order valence-electron chi connectivity index (χ3n) is 8.42. The molecule has 0 N–H and O–H groups in total. The van der Waals surface area contributed by atoms with Gasteiger partial charge in [0.2, 0.25) is 0 Å². The number of hydrogen-bond donors (Lipinski definition) is 0. The van der Waals surface area contributed by atoms with Crippen molar-refractivity contribution in [1.29, 1.82) is 0 Å². The molecule has 0 bridgehead atoms. The molecule has 0 amide bonds. The van der Waals surface area contributed by atoms with Crippen molar-refractivity contribution in [1.82, 2.24) is 0 Å². The summed E-state index contributed by atoms with van der Waals surface area (Å²) in [6.07, 6.45) is 0. The molecule has 41 heavy (non-hydrogen) atoms. The zero-order chi connectivity index (χ0) is 29.7. The summed E-state index contributed by atoms with van der Waals surface area (Å²) in [5.41, 5.74) is -0.669. The van der Waals surface area contributed by atoms with Gasteiger partial charge in [-0.3, -0.25) is 0 Å². The van der Waals surface area contributed by atoms with Gasteiger partial charge in [-0.15, -0.1) is 0 Å². The third-order valence-corrected chi connectivity index (χ3v) is 8.42. The van der Waals surface area contributed by atoms with Crippen LogP contribution in [0.3, 0.4) is 0 Å². The molecule has 0 spiro atoms. The van der Waals surface area contributed by atoms with Crippen LogP contribution in [0.2, 0.25) is 0 Å². The van der Waals surface area contributed by atoms with E-state index in [1.54, 1.807) is 0 Å². The van der Waals surface area contributed by atoms with Gasteiger partial charge in [0.15, 0.2) is 16.8 Å². The summed E-state index contributed by atoms with van der Waals surface area (Å²) in [6.45, 7) is 20.0. The van der Waals surface area contributed by atoms with Gasteiger partial charge in [-0.05, 0) is 103 Å². The van der Waals surface area contributed by atoms with E-state index in [0.717, 1.165) is 33.4 Å². The van der Waals surface area contributed by atoms with Crippen molar-refractivity contribution >= 4 is 0 Å². The number of fused-ring (bicyclic) bond motifs is 9. The highest BCUT2D eigenvalue weighted by Crippen LogP contribution is 2.83. The fraction of sp³-hybridized carbons (Fsp3) is 0.486. The molecule has 3 aromatic carbocycles. The fourth-order valence-corrected chi connectivity index (χ4v) is 7.17. The minimum absolute atomic E-state index is 0.595. The Morgan fingerprint density at radius 2 is 0.585 bits per heavy atom. The molecule has 0 fully saturated rings. The Morgan fingerprint density at radius 1 is 0.390 bits per heavy atom. The second-order valence-corrected chi connectivity index (χ2v) is 14.6. The average Bonchev–Trinajstić information content (AvgIpc) is 3.31. The molecule has 0 aliphatic heterocycles. The summed E-state index contributed by atoms with van der Waals surface area (Å²) < 4.78 is 0. The standard InChI is InChI=1S/C35H42O6/c1-29(2,3)36-39-33-23-17-11-13-19-25(23)34(40-37-30(4,5)6)27-21-15-16-22-28(27)35(32(33,34)10,41-38-31(7,8)9)26-20-14-12-18-24(26)33/h11-22H,1-10H3. The third kappa shape index (κ3) is 3.59. The molecule has 0 saturated carbocycles. The van der Waals surface area contributed by atoms with E-state index in [9.17, 15) is 0 Å². The van der Waals surface area contributed by atoms with Crippen molar-refractivity contribution < 1.29 is 29.3 Å². The van der Waals surface area contributed by atoms with Crippen LogP contribution in [0, 0.1) is 5.41 Å². The van der Waals surface area contributed by atoms with Crippen LogP contribution in [0.5, 0.6) is 0 Å². The Bertz CT molecular complexity index is 1240. The quantitative estimate of drug-likeness (QED) is 0.226. The first-order valence-corrected chi connectivity index (χ1v) is 14.5. The lowest BCUT2D eigenvalue weighted by molar-refractivity contribution is -0.486. The number of rotatable bonds is 6. The zero-order valence-electron chi connectivity index (χ0n) is 25.9. The topological polar surface area (TPSA) is 55.4 Å². The van der Waals surface area contributed by atoms with Crippen molar-refractivity contribution in [2.45, 2.75) is 103 Å². The summed E-state index contributed by atoms with van der Waals surface area (Å²) in [5.74, 6) is 0. The molecule has 3 aromatic rings. The molecule has 3 aliphatic rings. The Hall–Kier alpha value is -2.58. The first kappa shape index (κ1) is 28.5. The highest BCUT2D eigenvalue weighted by molar-refractivity contribution is 5.73. The van der Waals surface area contributed by atoms with Gasteiger partial charge in [-0.1, -0.05) is 72.8 Å². The summed E-state index contributed by atoms with van der Waals surface area (Å²) in [6, 6.07) is 24.8. The molecule has 0 heterocycles. The lowest BCUT2D eigenvalue weighted by Gasteiger charge is -2.49. The van der Waals surface area contributed by atoms with Crippen LogP contribution in [0.4, 0.5) is 0 Å². The van der Waals surface area contributed by atoms with Crippen molar-refractivity contribution in [3.05, 3.63) is 106 Å². The maximum Gasteiger partial charge on any atom is 0.167 e. The van der Waals surface area contributed by atoms with E-state index in [1.165, 1.54) is 0 Å². The highest BCUT2D eigenvalue weighted by atomic mass is 17.2. The van der Waals surface area contributed by atoms with E-state index in [2.05, 4.69) is 43.3 Å². The van der Waals surface area contributed by atoms with Crippen molar-refractivity contribution in [3.8, 4) is 0 Å². The normalized spacial score (nSPS) is 29.7. The van der Waals surface area contributed by atoms with Gasteiger partial charge in [0, 0.05) is 0 Å². The van der Waals surface area contributed by atoms with Crippen molar-refractivity contribution in [2.24, 2.45) is 5.41 Å². The molecule has 0 atom stereocenters. The van der Waals surface area contributed by atoms with Crippen LogP contribution in [0.15, 0.2) is 72.8 Å². The predicted octanol–water partition coefficient (Wildman–Crippen LogP) is 8.00. The Labute approximate surface area is 243 Å². The second kappa shape index (κ2) is 8.73. The molecule has 3 aliphatic carbocycles. The number of benzene rings is 3. The van der Waals surface area contributed by atoms with Gasteiger partial charge >= 0.3 is 0 Å². The average molecular weight is 559 g/mol.